The van der Waals surface area contributed by atoms with Crippen LogP contribution in [-0.4, -0.2) is 30.1 Å². The lowest BCUT2D eigenvalue weighted by Crippen LogP contribution is -2.29. The average Bonchev–Trinajstić information content (AvgIpc) is 2.47. The number of rotatable bonds is 3. The van der Waals surface area contributed by atoms with Crippen molar-refractivity contribution in [3.05, 3.63) is 53.8 Å². The number of carbonyl (C=O) groups is 1. The number of hydrogen-bond donors (Lipinski definition) is 3. The van der Waals surface area contributed by atoms with Gasteiger partial charge in [0.05, 0.1) is 0 Å². The molecule has 6 heteroatoms. The van der Waals surface area contributed by atoms with E-state index >= 15 is 0 Å². The molecule has 0 saturated carbocycles. The second-order valence-corrected chi connectivity index (χ2v) is 4.27. The van der Waals surface area contributed by atoms with Gasteiger partial charge in [0, 0.05) is 18.2 Å². The molecule has 3 N–H and O–H groups in total. The van der Waals surface area contributed by atoms with E-state index in [-0.39, 0.29) is 16.9 Å². The third-order valence-corrected chi connectivity index (χ3v) is 2.97. The summed E-state index contributed by atoms with van der Waals surface area (Å²) >= 11 is 0. The summed E-state index contributed by atoms with van der Waals surface area (Å²) in [7, 11) is -0.123. The summed E-state index contributed by atoms with van der Waals surface area (Å²) in [6.45, 7) is 0. The van der Waals surface area contributed by atoms with E-state index in [1.807, 2.05) is 0 Å². The Morgan fingerprint density at radius 3 is 2.35 bits per heavy atom. The van der Waals surface area contributed by atoms with Gasteiger partial charge in [-0.05, 0) is 29.2 Å². The molecule has 1 amide bonds. The first-order valence-corrected chi connectivity index (χ1v) is 6.01. The normalized spacial score (nSPS) is 10.2. The predicted molar refractivity (Wildman–Crippen MR) is 75.1 cm³/mol. The van der Waals surface area contributed by atoms with Gasteiger partial charge in [-0.2, -0.15) is 0 Å². The molecule has 0 aliphatic heterocycles. The van der Waals surface area contributed by atoms with E-state index in [0.29, 0.717) is 11.1 Å². The van der Waals surface area contributed by atoms with Crippen LogP contribution < -0.4 is 10.8 Å². The molecule has 4 nitrogen and oxygen atoms in total. The van der Waals surface area contributed by atoms with Gasteiger partial charge in [-0.3, -0.25) is 4.79 Å². The molecule has 0 fully saturated rings. The van der Waals surface area contributed by atoms with Crippen LogP contribution in [0.25, 0.3) is 11.1 Å². The summed E-state index contributed by atoms with van der Waals surface area (Å²) in [5.41, 5.74) is 1.48. The van der Waals surface area contributed by atoms with E-state index < -0.39 is 12.9 Å². The van der Waals surface area contributed by atoms with Crippen LogP contribution in [0.5, 0.6) is 0 Å². The first-order valence-electron chi connectivity index (χ1n) is 6.01. The molecule has 20 heavy (non-hydrogen) atoms. The van der Waals surface area contributed by atoms with Crippen molar-refractivity contribution in [3.8, 4) is 11.1 Å². The molecule has 0 bridgehead atoms. The van der Waals surface area contributed by atoms with Crippen LogP contribution in [0.3, 0.4) is 0 Å². The van der Waals surface area contributed by atoms with Crippen molar-refractivity contribution in [1.82, 2.24) is 5.32 Å². The minimum atomic E-state index is -1.65. The first-order chi connectivity index (χ1) is 9.52. The summed E-state index contributed by atoms with van der Waals surface area (Å²) in [5, 5.41) is 20.7. The van der Waals surface area contributed by atoms with Crippen LogP contribution in [0.4, 0.5) is 4.39 Å². The van der Waals surface area contributed by atoms with Gasteiger partial charge in [-0.1, -0.05) is 24.3 Å². The Balaban J connectivity index is 2.41. The van der Waals surface area contributed by atoms with Crippen molar-refractivity contribution in [3.63, 3.8) is 0 Å². The Labute approximate surface area is 116 Å². The fourth-order valence-corrected chi connectivity index (χ4v) is 1.87. The van der Waals surface area contributed by atoms with Crippen LogP contribution in [0.2, 0.25) is 0 Å². The van der Waals surface area contributed by atoms with E-state index in [4.69, 9.17) is 10.0 Å². The highest BCUT2D eigenvalue weighted by molar-refractivity contribution is 6.58. The van der Waals surface area contributed by atoms with Gasteiger partial charge < -0.3 is 15.4 Å². The number of amides is 1. The zero-order chi connectivity index (χ0) is 14.7. The highest BCUT2D eigenvalue weighted by atomic mass is 19.1. The summed E-state index contributed by atoms with van der Waals surface area (Å²) in [6, 6.07) is 10.2. The van der Waals surface area contributed by atoms with Crippen molar-refractivity contribution in [2.45, 2.75) is 0 Å². The molecule has 2 rings (SSSR count). The van der Waals surface area contributed by atoms with E-state index in [0.717, 1.165) is 0 Å². The Kier molecular flexibility index (Phi) is 4.17. The van der Waals surface area contributed by atoms with Gasteiger partial charge in [-0.25, -0.2) is 4.39 Å². The summed E-state index contributed by atoms with van der Waals surface area (Å²) in [5.74, 6) is -0.696. The van der Waals surface area contributed by atoms with Crippen LogP contribution in [0.1, 0.15) is 10.4 Å². The predicted octanol–water partition coefficient (Wildman–Crippen LogP) is 0.532. The molecular formula is C14H13BFNO3. The quantitative estimate of drug-likeness (QED) is 0.714. The Morgan fingerprint density at radius 2 is 1.80 bits per heavy atom. The first kappa shape index (κ1) is 14.2. The number of nitrogens with one attached hydrogen (secondary N) is 1. The van der Waals surface area contributed by atoms with Crippen LogP contribution in [0.15, 0.2) is 42.5 Å². The minimum Gasteiger partial charge on any atom is -0.423 e. The fourth-order valence-electron chi connectivity index (χ4n) is 1.87. The summed E-state index contributed by atoms with van der Waals surface area (Å²) in [4.78, 5) is 11.4. The molecule has 0 unspecified atom stereocenters. The lowest BCUT2D eigenvalue weighted by Gasteiger charge is -2.07. The Hall–Kier alpha value is -2.18. The number of carbonyl (C=O) groups excluding carboxylic acids is 1. The van der Waals surface area contributed by atoms with Crippen molar-refractivity contribution in [1.29, 1.82) is 0 Å². The van der Waals surface area contributed by atoms with Crippen molar-refractivity contribution < 1.29 is 19.2 Å². The summed E-state index contributed by atoms with van der Waals surface area (Å²) < 4.78 is 13.8. The Bertz CT molecular complexity index is 629. The number of benzene rings is 2. The number of halogens is 1. The van der Waals surface area contributed by atoms with E-state index in [9.17, 15) is 9.18 Å². The van der Waals surface area contributed by atoms with Gasteiger partial charge in [0.25, 0.3) is 5.91 Å². The topological polar surface area (TPSA) is 69.6 Å². The maximum absolute atomic E-state index is 13.8. The average molecular weight is 273 g/mol. The van der Waals surface area contributed by atoms with E-state index in [1.54, 1.807) is 24.3 Å². The molecule has 2 aromatic rings. The molecule has 102 valence electrons. The van der Waals surface area contributed by atoms with Crippen molar-refractivity contribution in [2.75, 3.05) is 7.05 Å². The third kappa shape index (κ3) is 2.87. The van der Waals surface area contributed by atoms with Crippen molar-refractivity contribution >= 4 is 18.5 Å². The van der Waals surface area contributed by atoms with Crippen LogP contribution in [-0.2, 0) is 0 Å². The molecular weight excluding hydrogens is 260 g/mol. The lowest BCUT2D eigenvalue weighted by atomic mass is 9.79. The minimum absolute atomic E-state index is 0.205. The van der Waals surface area contributed by atoms with Gasteiger partial charge >= 0.3 is 7.12 Å². The third-order valence-electron chi connectivity index (χ3n) is 2.97. The zero-order valence-electron chi connectivity index (χ0n) is 10.8. The van der Waals surface area contributed by atoms with Crippen LogP contribution >= 0.6 is 0 Å². The maximum Gasteiger partial charge on any atom is 0.488 e. The molecule has 0 saturated heterocycles. The Morgan fingerprint density at radius 1 is 1.15 bits per heavy atom. The molecule has 0 aliphatic carbocycles. The largest absolute Gasteiger partial charge is 0.488 e. The highest BCUT2D eigenvalue weighted by Gasteiger charge is 2.14. The standard InChI is InChI=1S/C14H13BFNO3/c1-17-14(18)10-4-2-9(3-5-10)12-8-11(15(19)20)6-7-13(12)16/h2-8,19-20H,1H3,(H,17,18). The molecule has 0 heterocycles. The smallest absolute Gasteiger partial charge is 0.423 e. The monoisotopic (exact) mass is 273 g/mol. The highest BCUT2D eigenvalue weighted by Crippen LogP contribution is 2.22. The van der Waals surface area contributed by atoms with Gasteiger partial charge in [0.15, 0.2) is 0 Å². The number of hydrogen-bond acceptors (Lipinski definition) is 3. The van der Waals surface area contributed by atoms with Gasteiger partial charge in [0.2, 0.25) is 0 Å². The molecule has 0 radical (unpaired) electrons. The summed E-state index contributed by atoms with van der Waals surface area (Å²) in [6.07, 6.45) is 0. The molecule has 0 spiro atoms. The van der Waals surface area contributed by atoms with Gasteiger partial charge in [-0.15, -0.1) is 0 Å². The second kappa shape index (κ2) is 5.86. The van der Waals surface area contributed by atoms with Crippen molar-refractivity contribution in [2.24, 2.45) is 0 Å². The molecule has 0 atom stereocenters. The van der Waals surface area contributed by atoms with E-state index in [1.165, 1.54) is 25.2 Å². The zero-order valence-corrected chi connectivity index (χ0v) is 10.8. The molecule has 2 aromatic carbocycles. The fraction of sp³-hybridized carbons (Fsp3) is 0.0714. The van der Waals surface area contributed by atoms with Crippen LogP contribution in [0, 0.1) is 5.82 Å². The maximum atomic E-state index is 13.8. The van der Waals surface area contributed by atoms with E-state index in [2.05, 4.69) is 5.32 Å². The molecule has 0 aliphatic rings. The lowest BCUT2D eigenvalue weighted by molar-refractivity contribution is 0.0963. The SMILES string of the molecule is CNC(=O)c1ccc(-c2cc(B(O)O)ccc2F)cc1. The van der Waals surface area contributed by atoms with Gasteiger partial charge in [0.1, 0.15) is 5.82 Å². The molecule has 0 aromatic heterocycles. The second-order valence-electron chi connectivity index (χ2n) is 4.27.